The summed E-state index contributed by atoms with van der Waals surface area (Å²) in [4.78, 5) is 2.52. The molecule has 0 saturated heterocycles. The maximum absolute atomic E-state index is 9.14. The van der Waals surface area contributed by atoms with E-state index in [0.717, 1.165) is 18.5 Å². The number of aryl methyl sites for hydroxylation is 1. The summed E-state index contributed by atoms with van der Waals surface area (Å²) in [5, 5.41) is 9.14. The molecule has 0 aliphatic carbocycles. The molecule has 0 aromatic heterocycles. The van der Waals surface area contributed by atoms with Crippen molar-refractivity contribution in [1.82, 2.24) is 4.90 Å². The van der Waals surface area contributed by atoms with Gasteiger partial charge >= 0.3 is 0 Å². The SMILES string of the molecule is CC(C)N1CCCc2cc(CO)ccc2C1. The van der Waals surface area contributed by atoms with Gasteiger partial charge in [0.05, 0.1) is 6.61 Å². The lowest BCUT2D eigenvalue weighted by Gasteiger charge is -2.24. The molecule has 2 heteroatoms. The van der Waals surface area contributed by atoms with Crippen molar-refractivity contribution in [2.45, 2.75) is 45.9 Å². The molecule has 0 atom stereocenters. The fourth-order valence-electron chi connectivity index (χ4n) is 2.38. The predicted octanol–water partition coefficient (Wildman–Crippen LogP) is 2.34. The Morgan fingerprint density at radius 3 is 2.81 bits per heavy atom. The van der Waals surface area contributed by atoms with Crippen molar-refractivity contribution in [3.05, 3.63) is 34.9 Å². The van der Waals surface area contributed by atoms with E-state index in [-0.39, 0.29) is 6.61 Å². The average molecular weight is 219 g/mol. The van der Waals surface area contributed by atoms with Crippen LogP contribution in [0.2, 0.25) is 0 Å². The molecule has 16 heavy (non-hydrogen) atoms. The first-order chi connectivity index (χ1) is 7.70. The van der Waals surface area contributed by atoms with Crippen LogP contribution in [0.3, 0.4) is 0 Å². The summed E-state index contributed by atoms with van der Waals surface area (Å²) in [6.07, 6.45) is 2.37. The number of benzene rings is 1. The van der Waals surface area contributed by atoms with E-state index in [1.165, 1.54) is 24.1 Å². The second-order valence-electron chi connectivity index (χ2n) is 4.93. The summed E-state index contributed by atoms with van der Waals surface area (Å²) < 4.78 is 0. The molecular formula is C14H21NO. The Kier molecular flexibility index (Phi) is 3.62. The minimum absolute atomic E-state index is 0.154. The van der Waals surface area contributed by atoms with Crippen LogP contribution in [0.25, 0.3) is 0 Å². The van der Waals surface area contributed by atoms with E-state index in [4.69, 9.17) is 5.11 Å². The van der Waals surface area contributed by atoms with E-state index >= 15 is 0 Å². The van der Waals surface area contributed by atoms with E-state index in [1.54, 1.807) is 0 Å². The zero-order valence-electron chi connectivity index (χ0n) is 10.2. The molecule has 1 aliphatic heterocycles. The van der Waals surface area contributed by atoms with Gasteiger partial charge in [-0.15, -0.1) is 0 Å². The minimum atomic E-state index is 0.154. The summed E-state index contributed by atoms with van der Waals surface area (Å²) in [6, 6.07) is 7.01. The number of aliphatic hydroxyl groups is 1. The number of fused-ring (bicyclic) bond motifs is 1. The summed E-state index contributed by atoms with van der Waals surface area (Å²) in [6.45, 7) is 6.90. The Morgan fingerprint density at radius 2 is 2.12 bits per heavy atom. The molecule has 0 bridgehead atoms. The highest BCUT2D eigenvalue weighted by molar-refractivity contribution is 5.32. The molecule has 1 aromatic carbocycles. The van der Waals surface area contributed by atoms with Crippen LogP contribution in [0.1, 0.15) is 37.0 Å². The smallest absolute Gasteiger partial charge is 0.0681 e. The average Bonchev–Trinajstić information content (AvgIpc) is 2.49. The van der Waals surface area contributed by atoms with Gasteiger partial charge in [0.2, 0.25) is 0 Å². The fourth-order valence-corrected chi connectivity index (χ4v) is 2.38. The Bertz CT molecular complexity index is 360. The molecule has 0 saturated carbocycles. The van der Waals surface area contributed by atoms with E-state index in [2.05, 4.69) is 30.9 Å². The van der Waals surface area contributed by atoms with Crippen LogP contribution in [0, 0.1) is 0 Å². The van der Waals surface area contributed by atoms with Crippen molar-refractivity contribution >= 4 is 0 Å². The maximum atomic E-state index is 9.14. The van der Waals surface area contributed by atoms with Gasteiger partial charge in [0.1, 0.15) is 0 Å². The van der Waals surface area contributed by atoms with Crippen LogP contribution < -0.4 is 0 Å². The Morgan fingerprint density at radius 1 is 1.31 bits per heavy atom. The van der Waals surface area contributed by atoms with Gasteiger partial charge in [0, 0.05) is 12.6 Å². The third kappa shape index (κ3) is 2.45. The molecule has 0 amide bonds. The lowest BCUT2D eigenvalue weighted by atomic mass is 10.0. The molecule has 2 nitrogen and oxygen atoms in total. The van der Waals surface area contributed by atoms with Gasteiger partial charge in [0.25, 0.3) is 0 Å². The van der Waals surface area contributed by atoms with Gasteiger partial charge in [-0.3, -0.25) is 4.90 Å². The van der Waals surface area contributed by atoms with Crippen LogP contribution in [-0.2, 0) is 19.6 Å². The van der Waals surface area contributed by atoms with Gasteiger partial charge < -0.3 is 5.11 Å². The van der Waals surface area contributed by atoms with E-state index in [0.29, 0.717) is 6.04 Å². The predicted molar refractivity (Wildman–Crippen MR) is 66.2 cm³/mol. The molecule has 0 spiro atoms. The van der Waals surface area contributed by atoms with E-state index < -0.39 is 0 Å². The highest BCUT2D eigenvalue weighted by Gasteiger charge is 2.16. The molecule has 1 heterocycles. The summed E-state index contributed by atoms with van der Waals surface area (Å²) in [5.74, 6) is 0. The molecule has 88 valence electrons. The van der Waals surface area contributed by atoms with Crippen LogP contribution in [0.15, 0.2) is 18.2 Å². The number of hydrogen-bond donors (Lipinski definition) is 1. The van der Waals surface area contributed by atoms with Crippen molar-refractivity contribution in [2.24, 2.45) is 0 Å². The lowest BCUT2D eigenvalue weighted by Crippen LogP contribution is -2.30. The highest BCUT2D eigenvalue weighted by Crippen LogP contribution is 2.21. The topological polar surface area (TPSA) is 23.5 Å². The van der Waals surface area contributed by atoms with Gasteiger partial charge in [-0.1, -0.05) is 18.2 Å². The molecule has 0 radical (unpaired) electrons. The maximum Gasteiger partial charge on any atom is 0.0681 e. The largest absolute Gasteiger partial charge is 0.392 e. The lowest BCUT2D eigenvalue weighted by molar-refractivity contribution is 0.216. The van der Waals surface area contributed by atoms with Crippen molar-refractivity contribution in [3.63, 3.8) is 0 Å². The summed E-state index contributed by atoms with van der Waals surface area (Å²) in [5.41, 5.74) is 3.90. The zero-order chi connectivity index (χ0) is 11.5. The fraction of sp³-hybridized carbons (Fsp3) is 0.571. The Balaban J connectivity index is 2.24. The molecule has 0 fully saturated rings. The molecule has 2 rings (SSSR count). The third-order valence-corrected chi connectivity index (χ3v) is 3.45. The number of nitrogens with zero attached hydrogens (tertiary/aromatic N) is 1. The standard InChI is InChI=1S/C14H21NO/c1-11(2)15-7-3-4-13-8-12(10-16)5-6-14(13)9-15/h5-6,8,11,16H,3-4,7,9-10H2,1-2H3. The van der Waals surface area contributed by atoms with Gasteiger partial charge in [-0.2, -0.15) is 0 Å². The van der Waals surface area contributed by atoms with Crippen molar-refractivity contribution < 1.29 is 5.11 Å². The van der Waals surface area contributed by atoms with Crippen molar-refractivity contribution in [2.75, 3.05) is 6.54 Å². The first kappa shape index (κ1) is 11.6. The zero-order valence-corrected chi connectivity index (χ0v) is 10.2. The summed E-state index contributed by atoms with van der Waals surface area (Å²) in [7, 11) is 0. The molecule has 1 aliphatic rings. The second-order valence-corrected chi connectivity index (χ2v) is 4.93. The first-order valence-electron chi connectivity index (χ1n) is 6.16. The normalized spacial score (nSPS) is 17.2. The van der Waals surface area contributed by atoms with Crippen molar-refractivity contribution in [1.29, 1.82) is 0 Å². The van der Waals surface area contributed by atoms with E-state index in [1.807, 2.05) is 6.07 Å². The molecule has 1 aromatic rings. The monoisotopic (exact) mass is 219 g/mol. The number of aliphatic hydroxyl groups excluding tert-OH is 1. The van der Waals surface area contributed by atoms with Gasteiger partial charge in [-0.25, -0.2) is 0 Å². The molecular weight excluding hydrogens is 198 g/mol. The molecule has 1 N–H and O–H groups in total. The molecule has 0 unspecified atom stereocenters. The van der Waals surface area contributed by atoms with Gasteiger partial charge in [0.15, 0.2) is 0 Å². The van der Waals surface area contributed by atoms with Crippen LogP contribution >= 0.6 is 0 Å². The highest BCUT2D eigenvalue weighted by atomic mass is 16.3. The number of rotatable bonds is 2. The summed E-state index contributed by atoms with van der Waals surface area (Å²) >= 11 is 0. The minimum Gasteiger partial charge on any atom is -0.392 e. The quantitative estimate of drug-likeness (QED) is 0.825. The van der Waals surface area contributed by atoms with E-state index in [9.17, 15) is 0 Å². The van der Waals surface area contributed by atoms with Crippen LogP contribution in [0.4, 0.5) is 0 Å². The van der Waals surface area contributed by atoms with Crippen LogP contribution in [-0.4, -0.2) is 22.6 Å². The Labute approximate surface area is 97.9 Å². The number of hydrogen-bond acceptors (Lipinski definition) is 2. The second kappa shape index (κ2) is 4.98. The van der Waals surface area contributed by atoms with Crippen LogP contribution in [0.5, 0.6) is 0 Å². The van der Waals surface area contributed by atoms with Crippen molar-refractivity contribution in [3.8, 4) is 0 Å². The first-order valence-corrected chi connectivity index (χ1v) is 6.16. The van der Waals surface area contributed by atoms with Gasteiger partial charge in [-0.05, 0) is 49.9 Å². The Hall–Kier alpha value is -0.860. The third-order valence-electron chi connectivity index (χ3n) is 3.45.